The molecule has 160 valence electrons. The average Bonchev–Trinajstić information content (AvgIpc) is 2.78. The van der Waals surface area contributed by atoms with Gasteiger partial charge in [0.15, 0.2) is 0 Å². The van der Waals surface area contributed by atoms with Crippen LogP contribution in [0.1, 0.15) is 5.56 Å². The Hall–Kier alpha value is -4.21. The van der Waals surface area contributed by atoms with Crippen LogP contribution in [0.4, 0.5) is 10.5 Å². The molecule has 0 saturated heterocycles. The van der Waals surface area contributed by atoms with E-state index in [1.54, 1.807) is 12.1 Å². The molecule has 0 aliphatic heterocycles. The van der Waals surface area contributed by atoms with Crippen molar-refractivity contribution < 1.29 is 28.7 Å². The molecule has 10 nitrogen and oxygen atoms in total. The average molecular weight is 425 g/mol. The van der Waals surface area contributed by atoms with Gasteiger partial charge in [-0.05, 0) is 23.8 Å². The summed E-state index contributed by atoms with van der Waals surface area (Å²) in [6.07, 6.45) is 0.808. The fraction of sp³-hybridized carbons (Fsp3) is 0.190. The number of fused-ring (bicyclic) bond motifs is 1. The summed E-state index contributed by atoms with van der Waals surface area (Å²) in [5.41, 5.74) is 0.978. The van der Waals surface area contributed by atoms with Crippen LogP contribution in [-0.4, -0.2) is 41.9 Å². The van der Waals surface area contributed by atoms with Crippen molar-refractivity contribution in [3.05, 3.63) is 76.5 Å². The quantitative estimate of drug-likeness (QED) is 0.252. The van der Waals surface area contributed by atoms with Gasteiger partial charge < -0.3 is 19.5 Å². The van der Waals surface area contributed by atoms with E-state index in [0.717, 1.165) is 5.56 Å². The molecule has 0 bridgehead atoms. The minimum atomic E-state index is -0.943. The molecule has 1 heterocycles. The van der Waals surface area contributed by atoms with E-state index in [9.17, 15) is 19.7 Å². The molecular formula is C21H19N3O7. The van der Waals surface area contributed by atoms with Gasteiger partial charge in [0, 0.05) is 18.7 Å². The van der Waals surface area contributed by atoms with Crippen LogP contribution in [0.3, 0.4) is 0 Å². The van der Waals surface area contributed by atoms with Gasteiger partial charge in [-0.3, -0.25) is 15.1 Å². The smallest absolute Gasteiger partial charge is 0.410 e. The van der Waals surface area contributed by atoms with Gasteiger partial charge in [-0.15, -0.1) is 0 Å². The second-order valence-electron chi connectivity index (χ2n) is 6.34. The molecule has 10 heteroatoms. The Kier molecular flexibility index (Phi) is 6.94. The number of nitro benzene ring substituents is 1. The van der Waals surface area contributed by atoms with Gasteiger partial charge in [0.25, 0.3) is 5.69 Å². The summed E-state index contributed by atoms with van der Waals surface area (Å²) in [5, 5.41) is 13.9. The number of hydrogen-bond donors (Lipinski definition) is 1. The zero-order chi connectivity index (χ0) is 22.2. The molecule has 2 aromatic carbocycles. The number of hydrogen-bond acceptors (Lipinski definition) is 8. The maximum Gasteiger partial charge on any atom is 0.410 e. The number of nitro groups is 1. The number of non-ortho nitro benzene ring substituents is 1. The Morgan fingerprint density at radius 1 is 1.13 bits per heavy atom. The molecule has 1 atom stereocenters. The fourth-order valence-corrected chi connectivity index (χ4v) is 2.92. The van der Waals surface area contributed by atoms with Crippen LogP contribution in [0.25, 0.3) is 10.9 Å². The Morgan fingerprint density at radius 3 is 2.61 bits per heavy atom. The molecule has 31 heavy (non-hydrogen) atoms. The number of amides is 1. The summed E-state index contributed by atoms with van der Waals surface area (Å²) >= 11 is 0. The van der Waals surface area contributed by atoms with E-state index in [1.165, 1.54) is 25.4 Å². The normalized spacial score (nSPS) is 11.4. The maximum atomic E-state index is 12.1. The van der Waals surface area contributed by atoms with Crippen molar-refractivity contribution in [1.29, 1.82) is 0 Å². The molecule has 3 rings (SSSR count). The first kappa shape index (κ1) is 21.5. The predicted molar refractivity (Wildman–Crippen MR) is 109 cm³/mol. The third-order valence-electron chi connectivity index (χ3n) is 4.37. The molecule has 0 unspecified atom stereocenters. The molecule has 3 aromatic rings. The number of carbonyl (C=O) groups is 2. The highest BCUT2D eigenvalue weighted by Gasteiger charge is 2.23. The lowest BCUT2D eigenvalue weighted by Crippen LogP contribution is -2.43. The van der Waals surface area contributed by atoms with Crippen LogP contribution in [0.2, 0.25) is 0 Å². The summed E-state index contributed by atoms with van der Waals surface area (Å²) in [4.78, 5) is 38.9. The largest absolute Gasteiger partial charge is 0.467 e. The van der Waals surface area contributed by atoms with Gasteiger partial charge in [0.1, 0.15) is 17.3 Å². The molecule has 1 aromatic heterocycles. The Labute approximate surface area is 176 Å². The molecule has 0 aliphatic rings. The van der Waals surface area contributed by atoms with Gasteiger partial charge in [-0.2, -0.15) is 0 Å². The summed E-state index contributed by atoms with van der Waals surface area (Å²) < 4.78 is 15.2. The SMILES string of the molecule is COC(=O)[C@H](Cc1ccccc1)NC(=O)OCOc1ccc([N+](=O)[O-])c2cccnc12. The molecule has 0 spiro atoms. The minimum absolute atomic E-state index is 0.115. The Balaban J connectivity index is 1.62. The predicted octanol–water partition coefficient (Wildman–Crippen LogP) is 2.99. The van der Waals surface area contributed by atoms with Crippen molar-refractivity contribution in [2.45, 2.75) is 12.5 Å². The third kappa shape index (κ3) is 5.44. The number of carbonyl (C=O) groups excluding carboxylic acids is 2. The lowest BCUT2D eigenvalue weighted by molar-refractivity contribution is -0.383. The van der Waals surface area contributed by atoms with E-state index in [4.69, 9.17) is 14.2 Å². The van der Waals surface area contributed by atoms with E-state index in [2.05, 4.69) is 10.3 Å². The lowest BCUT2D eigenvalue weighted by atomic mass is 10.1. The van der Waals surface area contributed by atoms with Gasteiger partial charge in [-0.1, -0.05) is 30.3 Å². The molecule has 0 saturated carbocycles. The number of benzene rings is 2. The van der Waals surface area contributed by atoms with Crippen LogP contribution in [0.15, 0.2) is 60.8 Å². The van der Waals surface area contributed by atoms with Gasteiger partial charge >= 0.3 is 12.1 Å². The third-order valence-corrected chi connectivity index (χ3v) is 4.37. The number of nitrogens with one attached hydrogen (secondary N) is 1. The minimum Gasteiger partial charge on any atom is -0.467 e. The standard InChI is InChI=1S/C21H19N3O7/c1-29-20(25)16(12-14-6-3-2-4-7-14)23-21(26)31-13-30-18-10-9-17(24(27)28)15-8-5-11-22-19(15)18/h2-11,16H,12-13H2,1H3,(H,23,26)/t16-/m0/s1. The van der Waals surface area contributed by atoms with Crippen LogP contribution in [0, 0.1) is 10.1 Å². The highest BCUT2D eigenvalue weighted by molar-refractivity contribution is 5.92. The number of aromatic nitrogens is 1. The molecule has 0 radical (unpaired) electrons. The van der Waals surface area contributed by atoms with Crippen molar-refractivity contribution in [1.82, 2.24) is 10.3 Å². The van der Waals surface area contributed by atoms with Gasteiger partial charge in [0.05, 0.1) is 17.4 Å². The van der Waals surface area contributed by atoms with Crippen LogP contribution < -0.4 is 10.1 Å². The monoisotopic (exact) mass is 425 g/mol. The van der Waals surface area contributed by atoms with Gasteiger partial charge in [0.2, 0.25) is 6.79 Å². The van der Waals surface area contributed by atoms with Crippen LogP contribution in [-0.2, 0) is 20.7 Å². The number of methoxy groups -OCH3 is 1. The summed E-state index contributed by atoms with van der Waals surface area (Å²) in [5.74, 6) is -0.407. The van der Waals surface area contributed by atoms with E-state index < -0.39 is 29.8 Å². The van der Waals surface area contributed by atoms with Crippen LogP contribution >= 0.6 is 0 Å². The molecular weight excluding hydrogens is 406 g/mol. The van der Waals surface area contributed by atoms with Gasteiger partial charge in [-0.25, -0.2) is 9.59 Å². The second-order valence-corrected chi connectivity index (χ2v) is 6.34. The first-order chi connectivity index (χ1) is 15.0. The van der Waals surface area contributed by atoms with E-state index in [0.29, 0.717) is 5.39 Å². The van der Waals surface area contributed by atoms with E-state index in [-0.39, 0.29) is 23.4 Å². The van der Waals surface area contributed by atoms with E-state index >= 15 is 0 Å². The topological polar surface area (TPSA) is 130 Å². The zero-order valence-electron chi connectivity index (χ0n) is 16.5. The first-order valence-corrected chi connectivity index (χ1v) is 9.19. The summed E-state index contributed by atoms with van der Waals surface area (Å²) in [6.45, 7) is -0.492. The molecule has 0 aliphatic carbocycles. The molecule has 0 fully saturated rings. The molecule has 1 amide bonds. The highest BCUT2D eigenvalue weighted by atomic mass is 16.7. The fourth-order valence-electron chi connectivity index (χ4n) is 2.92. The van der Waals surface area contributed by atoms with Crippen LogP contribution in [0.5, 0.6) is 5.75 Å². The van der Waals surface area contributed by atoms with E-state index in [1.807, 2.05) is 30.3 Å². The zero-order valence-corrected chi connectivity index (χ0v) is 16.5. The summed E-state index contributed by atoms with van der Waals surface area (Å²) in [7, 11) is 1.23. The summed E-state index contributed by atoms with van der Waals surface area (Å²) in [6, 6.07) is 13.9. The number of pyridine rings is 1. The number of alkyl carbamates (subject to hydrolysis) is 1. The number of nitrogens with zero attached hydrogens (tertiary/aromatic N) is 2. The van der Waals surface area contributed by atoms with Crippen molar-refractivity contribution in [2.75, 3.05) is 13.9 Å². The second kappa shape index (κ2) is 10.0. The van der Waals surface area contributed by atoms with Crippen molar-refractivity contribution in [3.63, 3.8) is 0 Å². The van der Waals surface area contributed by atoms with Crippen molar-refractivity contribution in [2.24, 2.45) is 0 Å². The number of rotatable bonds is 8. The Morgan fingerprint density at radius 2 is 1.90 bits per heavy atom. The number of esters is 1. The lowest BCUT2D eigenvalue weighted by Gasteiger charge is -2.16. The Bertz CT molecular complexity index is 1090. The number of ether oxygens (including phenoxy) is 3. The maximum absolute atomic E-state index is 12.1. The molecule has 1 N–H and O–H groups in total. The van der Waals surface area contributed by atoms with Crippen molar-refractivity contribution in [3.8, 4) is 5.75 Å². The van der Waals surface area contributed by atoms with Crippen molar-refractivity contribution >= 4 is 28.7 Å². The first-order valence-electron chi connectivity index (χ1n) is 9.19. The highest BCUT2D eigenvalue weighted by Crippen LogP contribution is 2.31.